The van der Waals surface area contributed by atoms with Crippen molar-refractivity contribution in [3.05, 3.63) is 29.8 Å². The third kappa shape index (κ3) is 2.34. The summed E-state index contributed by atoms with van der Waals surface area (Å²) in [7, 11) is 0. The predicted molar refractivity (Wildman–Crippen MR) is 74.7 cm³/mol. The molecule has 1 unspecified atom stereocenters. The van der Waals surface area contributed by atoms with Crippen molar-refractivity contribution in [2.24, 2.45) is 0 Å². The minimum absolute atomic E-state index is 0.0167. The van der Waals surface area contributed by atoms with Crippen molar-refractivity contribution in [1.82, 2.24) is 5.32 Å². The Morgan fingerprint density at radius 3 is 2.83 bits per heavy atom. The van der Waals surface area contributed by atoms with Gasteiger partial charge < -0.3 is 10.2 Å². The highest BCUT2D eigenvalue weighted by molar-refractivity contribution is 5.61. The van der Waals surface area contributed by atoms with Crippen LogP contribution in [0, 0.1) is 11.3 Å². The van der Waals surface area contributed by atoms with E-state index in [0.717, 1.165) is 30.8 Å². The Morgan fingerprint density at radius 2 is 2.11 bits per heavy atom. The Bertz CT molecular complexity index is 459. The third-order valence-corrected chi connectivity index (χ3v) is 3.67. The Balaban J connectivity index is 2.48. The molecule has 18 heavy (non-hydrogen) atoms. The molecule has 1 atom stereocenters. The molecule has 1 aromatic rings. The molecule has 1 aliphatic rings. The van der Waals surface area contributed by atoms with Crippen molar-refractivity contribution in [3.8, 4) is 6.07 Å². The van der Waals surface area contributed by atoms with E-state index in [2.05, 4.69) is 43.1 Å². The quantitative estimate of drug-likeness (QED) is 0.823. The van der Waals surface area contributed by atoms with Gasteiger partial charge in [-0.05, 0) is 45.9 Å². The molecule has 1 heterocycles. The topological polar surface area (TPSA) is 39.1 Å². The fourth-order valence-electron chi connectivity index (χ4n) is 2.86. The molecule has 1 saturated heterocycles. The number of benzene rings is 1. The second-order valence-electron chi connectivity index (χ2n) is 5.63. The molecule has 0 amide bonds. The summed E-state index contributed by atoms with van der Waals surface area (Å²) >= 11 is 0. The Morgan fingerprint density at radius 1 is 1.39 bits per heavy atom. The van der Waals surface area contributed by atoms with Gasteiger partial charge in [-0.2, -0.15) is 5.26 Å². The molecular weight excluding hydrogens is 222 g/mol. The van der Waals surface area contributed by atoms with Crippen molar-refractivity contribution in [3.63, 3.8) is 0 Å². The zero-order valence-corrected chi connectivity index (χ0v) is 11.4. The van der Waals surface area contributed by atoms with Gasteiger partial charge in [0, 0.05) is 18.1 Å². The smallest absolute Gasteiger partial charge is 0.101 e. The van der Waals surface area contributed by atoms with Gasteiger partial charge in [-0.25, -0.2) is 0 Å². The fourth-order valence-corrected chi connectivity index (χ4v) is 2.86. The third-order valence-electron chi connectivity index (χ3n) is 3.67. The summed E-state index contributed by atoms with van der Waals surface area (Å²) < 4.78 is 0. The summed E-state index contributed by atoms with van der Waals surface area (Å²) in [5.74, 6) is 0. The molecule has 3 heteroatoms. The molecule has 0 aliphatic carbocycles. The normalized spacial score (nSPS) is 23.2. The van der Waals surface area contributed by atoms with Crippen molar-refractivity contribution in [2.45, 2.75) is 38.8 Å². The molecule has 0 radical (unpaired) electrons. The Labute approximate surface area is 109 Å². The molecule has 1 aliphatic heterocycles. The number of nitrogens with one attached hydrogen (secondary N) is 1. The number of nitriles is 1. The lowest BCUT2D eigenvalue weighted by Crippen LogP contribution is -2.52. The van der Waals surface area contributed by atoms with Gasteiger partial charge in [0.2, 0.25) is 0 Å². The molecule has 0 aromatic heterocycles. The Hall–Kier alpha value is -1.53. The molecular formula is C15H21N3. The minimum Gasteiger partial charge on any atom is -0.361 e. The number of rotatable bonds is 1. The molecule has 1 aromatic carbocycles. The second kappa shape index (κ2) is 4.99. The van der Waals surface area contributed by atoms with E-state index in [1.807, 2.05) is 18.2 Å². The largest absolute Gasteiger partial charge is 0.361 e. The van der Waals surface area contributed by atoms with E-state index in [-0.39, 0.29) is 5.54 Å². The number of anilines is 1. The van der Waals surface area contributed by atoms with E-state index in [1.165, 1.54) is 0 Å². The molecule has 2 rings (SSSR count). The van der Waals surface area contributed by atoms with E-state index < -0.39 is 0 Å². The number of para-hydroxylation sites is 1. The van der Waals surface area contributed by atoms with Gasteiger partial charge in [-0.3, -0.25) is 0 Å². The molecule has 3 nitrogen and oxygen atoms in total. The van der Waals surface area contributed by atoms with Crippen LogP contribution >= 0.6 is 0 Å². The highest BCUT2D eigenvalue weighted by atomic mass is 15.3. The SMILES string of the molecule is CC1CCNCC(C)(C)N1c1ccccc1C#N. The maximum Gasteiger partial charge on any atom is 0.101 e. The first-order valence-corrected chi connectivity index (χ1v) is 6.55. The summed E-state index contributed by atoms with van der Waals surface area (Å²) in [6.45, 7) is 8.68. The molecule has 1 fully saturated rings. The summed E-state index contributed by atoms with van der Waals surface area (Å²) in [4.78, 5) is 2.39. The minimum atomic E-state index is 0.0167. The summed E-state index contributed by atoms with van der Waals surface area (Å²) in [5, 5.41) is 12.8. The van der Waals surface area contributed by atoms with E-state index in [0.29, 0.717) is 6.04 Å². The molecule has 0 spiro atoms. The average Bonchev–Trinajstić information content (AvgIpc) is 2.47. The monoisotopic (exact) mass is 243 g/mol. The highest BCUT2D eigenvalue weighted by Gasteiger charge is 2.33. The van der Waals surface area contributed by atoms with Crippen LogP contribution in [0.5, 0.6) is 0 Å². The van der Waals surface area contributed by atoms with Crippen LogP contribution in [0.4, 0.5) is 5.69 Å². The van der Waals surface area contributed by atoms with Crippen LogP contribution < -0.4 is 10.2 Å². The molecule has 0 saturated carbocycles. The standard InChI is InChI=1S/C15H21N3/c1-12-8-9-17-11-15(2,3)18(12)14-7-5-4-6-13(14)10-16/h4-7,12,17H,8-9,11H2,1-3H3. The first kappa shape index (κ1) is 12.9. The van der Waals surface area contributed by atoms with Crippen LogP contribution in [-0.2, 0) is 0 Å². The summed E-state index contributed by atoms with van der Waals surface area (Å²) in [5.41, 5.74) is 1.84. The zero-order chi connectivity index (χ0) is 13.2. The zero-order valence-electron chi connectivity index (χ0n) is 11.4. The van der Waals surface area contributed by atoms with Gasteiger partial charge in [0.25, 0.3) is 0 Å². The number of nitrogens with zero attached hydrogens (tertiary/aromatic N) is 2. The number of hydrogen-bond acceptors (Lipinski definition) is 3. The van der Waals surface area contributed by atoms with E-state index in [1.54, 1.807) is 0 Å². The van der Waals surface area contributed by atoms with Crippen LogP contribution in [0.15, 0.2) is 24.3 Å². The van der Waals surface area contributed by atoms with Crippen LogP contribution in [-0.4, -0.2) is 24.7 Å². The molecule has 1 N–H and O–H groups in total. The van der Waals surface area contributed by atoms with Crippen molar-refractivity contribution >= 4 is 5.69 Å². The van der Waals surface area contributed by atoms with Gasteiger partial charge >= 0.3 is 0 Å². The van der Waals surface area contributed by atoms with Gasteiger partial charge in [-0.1, -0.05) is 12.1 Å². The lowest BCUT2D eigenvalue weighted by Gasteiger charge is -2.43. The average molecular weight is 243 g/mol. The van der Waals surface area contributed by atoms with Crippen LogP contribution in [0.1, 0.15) is 32.8 Å². The lowest BCUT2D eigenvalue weighted by atomic mass is 9.98. The maximum absolute atomic E-state index is 9.28. The highest BCUT2D eigenvalue weighted by Crippen LogP contribution is 2.31. The van der Waals surface area contributed by atoms with E-state index in [9.17, 15) is 5.26 Å². The number of hydrogen-bond donors (Lipinski definition) is 1. The van der Waals surface area contributed by atoms with Crippen molar-refractivity contribution in [1.29, 1.82) is 5.26 Å². The molecule has 0 bridgehead atoms. The van der Waals surface area contributed by atoms with Crippen molar-refractivity contribution in [2.75, 3.05) is 18.0 Å². The van der Waals surface area contributed by atoms with Crippen LogP contribution in [0.2, 0.25) is 0 Å². The van der Waals surface area contributed by atoms with E-state index in [4.69, 9.17) is 0 Å². The first-order valence-electron chi connectivity index (χ1n) is 6.55. The van der Waals surface area contributed by atoms with Gasteiger partial charge in [-0.15, -0.1) is 0 Å². The molecule has 96 valence electrons. The maximum atomic E-state index is 9.28. The van der Waals surface area contributed by atoms with Crippen LogP contribution in [0.3, 0.4) is 0 Å². The fraction of sp³-hybridized carbons (Fsp3) is 0.533. The summed E-state index contributed by atoms with van der Waals surface area (Å²) in [6.07, 6.45) is 1.10. The van der Waals surface area contributed by atoms with Crippen LogP contribution in [0.25, 0.3) is 0 Å². The Kier molecular flexibility index (Phi) is 3.58. The van der Waals surface area contributed by atoms with Crippen molar-refractivity contribution < 1.29 is 0 Å². The van der Waals surface area contributed by atoms with E-state index >= 15 is 0 Å². The summed E-state index contributed by atoms with van der Waals surface area (Å²) in [6, 6.07) is 10.6. The van der Waals surface area contributed by atoms with Gasteiger partial charge in [0.15, 0.2) is 0 Å². The second-order valence-corrected chi connectivity index (χ2v) is 5.63. The lowest BCUT2D eigenvalue weighted by molar-refractivity contribution is 0.433. The predicted octanol–water partition coefficient (Wildman–Crippen LogP) is 2.53. The van der Waals surface area contributed by atoms with Gasteiger partial charge in [0.05, 0.1) is 11.3 Å². The van der Waals surface area contributed by atoms with Gasteiger partial charge in [0.1, 0.15) is 6.07 Å². The first-order chi connectivity index (χ1) is 8.56.